The van der Waals surface area contributed by atoms with Gasteiger partial charge in [0.25, 0.3) is 5.89 Å². The van der Waals surface area contributed by atoms with Gasteiger partial charge in [0.1, 0.15) is 0 Å². The number of likely N-dealkylation sites (N-methyl/N-ethyl adjacent to an activating group) is 1. The van der Waals surface area contributed by atoms with Crippen molar-refractivity contribution in [2.75, 3.05) is 13.6 Å². The Kier molecular flexibility index (Phi) is 5.03. The summed E-state index contributed by atoms with van der Waals surface area (Å²) in [4.78, 5) is 11.2. The molecule has 1 aliphatic heterocycles. The molecule has 33 heavy (non-hydrogen) atoms. The number of halogens is 1. The van der Waals surface area contributed by atoms with Crippen LogP contribution in [0.3, 0.4) is 0 Å². The van der Waals surface area contributed by atoms with Crippen LogP contribution in [-0.4, -0.2) is 44.2 Å². The standard InChI is InChI=1S/C25H26BrN5O2/c1-14-7-18-17-5-4-6-20-23(17)19(9-21(18)30(2)12-14)25(31(20)3)32-13-22-28-24(29-33-22)15-8-16(26)11-27-10-15/h4-6,8,10-11,14,18,21H,7,9,12-13H2,1-3H3/t14-,18-,21-/m1/s1. The zero-order valence-corrected chi connectivity index (χ0v) is 20.5. The number of hydrogen-bond donors (Lipinski definition) is 0. The van der Waals surface area contributed by atoms with Crippen molar-refractivity contribution in [3.05, 3.63) is 58.1 Å². The van der Waals surface area contributed by atoms with Gasteiger partial charge in [-0.1, -0.05) is 24.2 Å². The molecule has 1 aliphatic carbocycles. The molecule has 0 saturated carbocycles. The van der Waals surface area contributed by atoms with Gasteiger partial charge in [-0.25, -0.2) is 0 Å². The fourth-order valence-corrected chi connectivity index (χ4v) is 6.17. The van der Waals surface area contributed by atoms with Crippen LogP contribution in [-0.2, 0) is 20.1 Å². The van der Waals surface area contributed by atoms with Crippen molar-refractivity contribution in [2.45, 2.75) is 38.3 Å². The number of aryl methyl sites for hydroxylation is 1. The third-order valence-corrected chi connectivity index (χ3v) is 7.60. The number of hydrogen-bond acceptors (Lipinski definition) is 6. The molecule has 3 aromatic heterocycles. The summed E-state index contributed by atoms with van der Waals surface area (Å²) >= 11 is 3.43. The zero-order valence-electron chi connectivity index (χ0n) is 19.0. The average Bonchev–Trinajstić information content (AvgIpc) is 3.37. The lowest BCUT2D eigenvalue weighted by Crippen LogP contribution is -2.47. The van der Waals surface area contributed by atoms with Crippen LogP contribution in [0.15, 0.2) is 45.7 Å². The quantitative estimate of drug-likeness (QED) is 0.389. The fourth-order valence-electron chi connectivity index (χ4n) is 5.80. The van der Waals surface area contributed by atoms with Gasteiger partial charge in [0, 0.05) is 58.9 Å². The third-order valence-electron chi connectivity index (χ3n) is 7.16. The summed E-state index contributed by atoms with van der Waals surface area (Å²) in [7, 11) is 4.34. The normalized spacial score (nSPS) is 22.5. The lowest BCUT2D eigenvalue weighted by Gasteiger charge is -2.44. The number of piperidine rings is 1. The van der Waals surface area contributed by atoms with Gasteiger partial charge in [-0.05, 0) is 59.4 Å². The highest BCUT2D eigenvalue weighted by Crippen LogP contribution is 2.47. The van der Waals surface area contributed by atoms with Crippen LogP contribution in [0.1, 0.15) is 36.3 Å². The van der Waals surface area contributed by atoms with Crippen molar-refractivity contribution in [1.29, 1.82) is 0 Å². The Morgan fingerprint density at radius 1 is 1.24 bits per heavy atom. The molecule has 1 aromatic carbocycles. The molecule has 0 unspecified atom stereocenters. The number of nitrogens with zero attached hydrogens (tertiary/aromatic N) is 5. The first-order valence-electron chi connectivity index (χ1n) is 11.4. The fraction of sp³-hybridized carbons (Fsp3) is 0.400. The number of pyridine rings is 1. The number of aromatic nitrogens is 4. The van der Waals surface area contributed by atoms with Crippen LogP contribution in [0.2, 0.25) is 0 Å². The Hall–Kier alpha value is -2.71. The van der Waals surface area contributed by atoms with Gasteiger partial charge in [0.2, 0.25) is 5.82 Å². The molecule has 4 aromatic rings. The van der Waals surface area contributed by atoms with Gasteiger partial charge in [0.05, 0.1) is 5.52 Å². The Morgan fingerprint density at radius 2 is 2.12 bits per heavy atom. The van der Waals surface area contributed by atoms with E-state index in [1.807, 2.05) is 6.07 Å². The van der Waals surface area contributed by atoms with Crippen molar-refractivity contribution in [1.82, 2.24) is 24.6 Å². The van der Waals surface area contributed by atoms with Gasteiger partial charge in [-0.15, -0.1) is 0 Å². The first kappa shape index (κ1) is 20.9. The van der Waals surface area contributed by atoms with E-state index in [1.165, 1.54) is 28.5 Å². The molecule has 3 atom stereocenters. The lowest BCUT2D eigenvalue weighted by molar-refractivity contribution is 0.118. The molecule has 0 radical (unpaired) electrons. The predicted octanol–water partition coefficient (Wildman–Crippen LogP) is 4.94. The average molecular weight is 508 g/mol. The van der Waals surface area contributed by atoms with Crippen molar-refractivity contribution in [3.8, 4) is 17.3 Å². The van der Waals surface area contributed by atoms with E-state index in [0.717, 1.165) is 28.9 Å². The summed E-state index contributed by atoms with van der Waals surface area (Å²) in [6.45, 7) is 3.73. The van der Waals surface area contributed by atoms with E-state index in [2.05, 4.69) is 79.7 Å². The van der Waals surface area contributed by atoms with Gasteiger partial charge < -0.3 is 18.7 Å². The molecular weight excluding hydrogens is 482 g/mol. The predicted molar refractivity (Wildman–Crippen MR) is 129 cm³/mol. The highest BCUT2D eigenvalue weighted by Gasteiger charge is 2.40. The number of fused-ring (bicyclic) bond motifs is 2. The van der Waals surface area contributed by atoms with E-state index >= 15 is 0 Å². The van der Waals surface area contributed by atoms with Crippen molar-refractivity contribution in [2.24, 2.45) is 13.0 Å². The van der Waals surface area contributed by atoms with Crippen molar-refractivity contribution >= 4 is 26.8 Å². The minimum atomic E-state index is 0.224. The summed E-state index contributed by atoms with van der Waals surface area (Å²) in [6, 6.07) is 9.10. The molecule has 6 rings (SSSR count). The maximum absolute atomic E-state index is 6.35. The molecule has 1 fully saturated rings. The van der Waals surface area contributed by atoms with Crippen LogP contribution >= 0.6 is 15.9 Å². The molecule has 7 nitrogen and oxygen atoms in total. The first-order valence-corrected chi connectivity index (χ1v) is 12.2. The van der Waals surface area contributed by atoms with Crippen LogP contribution in [0.25, 0.3) is 22.3 Å². The molecule has 0 N–H and O–H groups in total. The Bertz CT molecular complexity index is 1350. The van der Waals surface area contributed by atoms with Gasteiger partial charge in [0.15, 0.2) is 12.5 Å². The largest absolute Gasteiger partial charge is 0.468 e. The van der Waals surface area contributed by atoms with Crippen molar-refractivity contribution in [3.63, 3.8) is 0 Å². The molecule has 170 valence electrons. The van der Waals surface area contributed by atoms with Gasteiger partial charge in [-0.2, -0.15) is 4.98 Å². The summed E-state index contributed by atoms with van der Waals surface area (Å²) < 4.78 is 14.9. The molecule has 2 aliphatic rings. The van der Waals surface area contributed by atoms with Gasteiger partial charge in [-0.3, -0.25) is 4.98 Å². The number of rotatable bonds is 4. The Morgan fingerprint density at radius 3 is 2.97 bits per heavy atom. The van der Waals surface area contributed by atoms with E-state index < -0.39 is 0 Å². The molecule has 0 amide bonds. The van der Waals surface area contributed by atoms with Crippen LogP contribution in [0.4, 0.5) is 0 Å². The second-order valence-corrected chi connectivity index (χ2v) is 10.4. The number of likely N-dealkylation sites (tertiary alicyclic amines) is 1. The highest BCUT2D eigenvalue weighted by atomic mass is 79.9. The summed E-state index contributed by atoms with van der Waals surface area (Å²) in [5.74, 6) is 3.12. The maximum atomic E-state index is 6.35. The van der Waals surface area contributed by atoms with E-state index in [1.54, 1.807) is 12.4 Å². The highest BCUT2D eigenvalue weighted by molar-refractivity contribution is 9.10. The van der Waals surface area contributed by atoms with E-state index in [4.69, 9.17) is 9.26 Å². The van der Waals surface area contributed by atoms with Crippen LogP contribution < -0.4 is 4.74 Å². The molecule has 8 heteroatoms. The lowest BCUT2D eigenvalue weighted by atomic mass is 9.73. The smallest absolute Gasteiger partial charge is 0.264 e. The Labute approximate surface area is 200 Å². The minimum Gasteiger partial charge on any atom is -0.468 e. The first-order chi connectivity index (χ1) is 16.0. The summed E-state index contributed by atoms with van der Waals surface area (Å²) in [5, 5.41) is 5.47. The number of benzene rings is 1. The number of ether oxygens (including phenoxy) is 1. The molecule has 0 spiro atoms. The second kappa shape index (κ2) is 7.95. The Balaban J connectivity index is 1.33. The zero-order chi connectivity index (χ0) is 22.7. The van der Waals surface area contributed by atoms with Gasteiger partial charge >= 0.3 is 0 Å². The maximum Gasteiger partial charge on any atom is 0.264 e. The molecular formula is C25H26BrN5O2. The summed E-state index contributed by atoms with van der Waals surface area (Å²) in [6.07, 6.45) is 5.68. The second-order valence-electron chi connectivity index (χ2n) is 9.43. The third kappa shape index (κ3) is 3.47. The van der Waals surface area contributed by atoms with Crippen molar-refractivity contribution < 1.29 is 9.26 Å². The van der Waals surface area contributed by atoms with E-state index in [0.29, 0.717) is 29.6 Å². The SMILES string of the molecule is C[C@@H]1C[C@@H]2c3cccc4c3c(c(OCc3nc(-c5cncc(Br)c5)no3)n4C)C[C@H]2N(C)C1. The summed E-state index contributed by atoms with van der Waals surface area (Å²) in [5.41, 5.74) is 4.78. The minimum absolute atomic E-state index is 0.224. The van der Waals surface area contributed by atoms with E-state index in [9.17, 15) is 0 Å². The topological polar surface area (TPSA) is 69.2 Å². The van der Waals surface area contributed by atoms with Crippen LogP contribution in [0.5, 0.6) is 5.88 Å². The van der Waals surface area contributed by atoms with Crippen LogP contribution in [0, 0.1) is 5.92 Å². The monoisotopic (exact) mass is 507 g/mol. The molecule has 4 heterocycles. The molecule has 1 saturated heterocycles. The van der Waals surface area contributed by atoms with E-state index in [-0.39, 0.29) is 6.61 Å². The molecule has 0 bridgehead atoms.